The van der Waals surface area contributed by atoms with Gasteiger partial charge in [-0.1, -0.05) is 6.92 Å². The molecule has 0 fully saturated rings. The number of thiophene rings is 1. The first kappa shape index (κ1) is 16.2. The fourth-order valence-corrected chi connectivity index (χ4v) is 3.92. The molecule has 0 aromatic carbocycles. The molecule has 0 aliphatic rings. The first-order chi connectivity index (χ1) is 9.92. The van der Waals surface area contributed by atoms with E-state index in [0.717, 1.165) is 17.1 Å². The lowest BCUT2D eigenvalue weighted by Gasteiger charge is -2.02. The van der Waals surface area contributed by atoms with Crippen molar-refractivity contribution in [3.8, 4) is 0 Å². The molecule has 0 saturated carbocycles. The van der Waals surface area contributed by atoms with E-state index in [1.165, 1.54) is 11.3 Å². The molecule has 0 unspecified atom stereocenters. The SMILES string of the molecule is CCNCc1cc(S(=O)(=O)NCc2nc(C)c(C)o2)cs1. The number of hydrogen-bond acceptors (Lipinski definition) is 6. The van der Waals surface area contributed by atoms with Crippen molar-refractivity contribution in [1.82, 2.24) is 15.0 Å². The second kappa shape index (κ2) is 6.69. The molecule has 21 heavy (non-hydrogen) atoms. The van der Waals surface area contributed by atoms with E-state index in [9.17, 15) is 8.42 Å². The summed E-state index contributed by atoms with van der Waals surface area (Å²) in [5, 5.41) is 4.81. The van der Waals surface area contributed by atoms with Crippen LogP contribution in [0.25, 0.3) is 0 Å². The van der Waals surface area contributed by atoms with Crippen molar-refractivity contribution in [3.05, 3.63) is 33.7 Å². The third-order valence-electron chi connectivity index (χ3n) is 2.98. The summed E-state index contributed by atoms with van der Waals surface area (Å²) in [4.78, 5) is 5.42. The molecule has 2 aromatic rings. The van der Waals surface area contributed by atoms with Crippen LogP contribution in [0, 0.1) is 13.8 Å². The Kier molecular flexibility index (Phi) is 5.15. The summed E-state index contributed by atoms with van der Waals surface area (Å²) in [6.07, 6.45) is 0. The quantitative estimate of drug-likeness (QED) is 0.811. The fraction of sp³-hybridized carbons (Fsp3) is 0.462. The minimum absolute atomic E-state index is 0.0510. The minimum Gasteiger partial charge on any atom is -0.444 e. The molecule has 0 spiro atoms. The Morgan fingerprint density at radius 1 is 1.33 bits per heavy atom. The topological polar surface area (TPSA) is 84.2 Å². The van der Waals surface area contributed by atoms with Crippen molar-refractivity contribution in [1.29, 1.82) is 0 Å². The van der Waals surface area contributed by atoms with Crippen LogP contribution in [-0.4, -0.2) is 19.9 Å². The van der Waals surface area contributed by atoms with Crippen LogP contribution in [-0.2, 0) is 23.1 Å². The fourth-order valence-electron chi connectivity index (χ4n) is 1.70. The summed E-state index contributed by atoms with van der Waals surface area (Å²) < 4.78 is 32.2. The third kappa shape index (κ3) is 4.13. The van der Waals surface area contributed by atoms with Crippen LogP contribution < -0.4 is 10.0 Å². The van der Waals surface area contributed by atoms with Gasteiger partial charge in [0.15, 0.2) is 0 Å². The molecule has 0 radical (unpaired) electrons. The zero-order valence-corrected chi connectivity index (χ0v) is 13.9. The van der Waals surface area contributed by atoms with Gasteiger partial charge in [-0.05, 0) is 26.5 Å². The Labute approximate surface area is 128 Å². The van der Waals surface area contributed by atoms with Crippen LogP contribution in [0.15, 0.2) is 20.8 Å². The predicted molar refractivity (Wildman–Crippen MR) is 81.7 cm³/mol. The molecule has 2 aromatic heterocycles. The highest BCUT2D eigenvalue weighted by molar-refractivity contribution is 7.89. The number of aryl methyl sites for hydroxylation is 2. The van der Waals surface area contributed by atoms with Crippen molar-refractivity contribution >= 4 is 21.4 Å². The van der Waals surface area contributed by atoms with Crippen molar-refractivity contribution in [2.24, 2.45) is 0 Å². The van der Waals surface area contributed by atoms with E-state index in [-0.39, 0.29) is 11.4 Å². The minimum atomic E-state index is -3.53. The van der Waals surface area contributed by atoms with E-state index in [0.29, 0.717) is 18.2 Å². The van der Waals surface area contributed by atoms with Crippen molar-refractivity contribution < 1.29 is 12.8 Å². The largest absolute Gasteiger partial charge is 0.444 e. The Morgan fingerprint density at radius 3 is 2.71 bits per heavy atom. The van der Waals surface area contributed by atoms with Gasteiger partial charge in [-0.3, -0.25) is 0 Å². The van der Waals surface area contributed by atoms with Crippen LogP contribution in [0.2, 0.25) is 0 Å². The highest BCUT2D eigenvalue weighted by Gasteiger charge is 2.17. The summed E-state index contributed by atoms with van der Waals surface area (Å²) in [7, 11) is -3.53. The second-order valence-electron chi connectivity index (χ2n) is 4.60. The molecule has 0 bridgehead atoms. The molecule has 2 heterocycles. The van der Waals surface area contributed by atoms with Gasteiger partial charge >= 0.3 is 0 Å². The number of oxazole rings is 1. The molecule has 0 aliphatic heterocycles. The first-order valence-corrected chi connectivity index (χ1v) is 8.99. The third-order valence-corrected chi connectivity index (χ3v) is 5.44. The molecule has 0 atom stereocenters. The molecule has 2 N–H and O–H groups in total. The summed E-state index contributed by atoms with van der Waals surface area (Å²) >= 11 is 1.42. The second-order valence-corrected chi connectivity index (χ2v) is 7.37. The normalized spacial score (nSPS) is 12.0. The van der Waals surface area contributed by atoms with Crippen LogP contribution >= 0.6 is 11.3 Å². The molecule has 2 rings (SSSR count). The maximum absolute atomic E-state index is 12.2. The maximum Gasteiger partial charge on any atom is 0.241 e. The van der Waals surface area contributed by atoms with Gasteiger partial charge in [0.1, 0.15) is 5.76 Å². The molecular formula is C13H19N3O3S2. The zero-order valence-electron chi connectivity index (χ0n) is 12.3. The van der Waals surface area contributed by atoms with Crippen molar-refractivity contribution in [3.63, 3.8) is 0 Å². The van der Waals surface area contributed by atoms with Gasteiger partial charge in [0.25, 0.3) is 0 Å². The number of sulfonamides is 1. The molecular weight excluding hydrogens is 310 g/mol. The van der Waals surface area contributed by atoms with Crippen molar-refractivity contribution in [2.45, 2.75) is 38.8 Å². The van der Waals surface area contributed by atoms with E-state index < -0.39 is 10.0 Å². The number of nitrogens with zero attached hydrogens (tertiary/aromatic N) is 1. The molecule has 8 heteroatoms. The highest BCUT2D eigenvalue weighted by Crippen LogP contribution is 2.19. The molecule has 0 amide bonds. The van der Waals surface area contributed by atoms with Gasteiger partial charge in [-0.2, -0.15) is 0 Å². The Bertz CT molecular complexity index is 685. The number of nitrogens with one attached hydrogen (secondary N) is 2. The Balaban J connectivity index is 2.02. The van der Waals surface area contributed by atoms with Gasteiger partial charge in [0, 0.05) is 16.8 Å². The van der Waals surface area contributed by atoms with Crippen LogP contribution in [0.5, 0.6) is 0 Å². The molecule has 6 nitrogen and oxygen atoms in total. The monoisotopic (exact) mass is 329 g/mol. The number of hydrogen-bond donors (Lipinski definition) is 2. The maximum atomic E-state index is 12.2. The molecule has 0 saturated heterocycles. The van der Waals surface area contributed by atoms with Crippen molar-refractivity contribution in [2.75, 3.05) is 6.54 Å². The average Bonchev–Trinajstić information content (AvgIpc) is 3.03. The summed E-state index contributed by atoms with van der Waals surface area (Å²) in [6.45, 7) is 7.20. The smallest absolute Gasteiger partial charge is 0.241 e. The van der Waals surface area contributed by atoms with E-state index in [1.54, 1.807) is 18.4 Å². The van der Waals surface area contributed by atoms with Crippen LogP contribution in [0.3, 0.4) is 0 Å². The first-order valence-electron chi connectivity index (χ1n) is 6.63. The van der Waals surface area contributed by atoms with E-state index in [2.05, 4.69) is 15.0 Å². The van der Waals surface area contributed by atoms with Gasteiger partial charge in [0.05, 0.1) is 17.1 Å². The summed E-state index contributed by atoms with van der Waals surface area (Å²) in [5.74, 6) is 1.07. The lowest BCUT2D eigenvalue weighted by atomic mass is 10.4. The van der Waals surface area contributed by atoms with Crippen LogP contribution in [0.4, 0.5) is 0 Å². The van der Waals surface area contributed by atoms with E-state index in [4.69, 9.17) is 4.42 Å². The molecule has 0 aliphatic carbocycles. The van der Waals surface area contributed by atoms with Gasteiger partial charge in [-0.15, -0.1) is 11.3 Å². The van der Waals surface area contributed by atoms with Gasteiger partial charge in [-0.25, -0.2) is 18.1 Å². The lowest BCUT2D eigenvalue weighted by Crippen LogP contribution is -2.23. The lowest BCUT2D eigenvalue weighted by molar-refractivity contribution is 0.463. The summed E-state index contributed by atoms with van der Waals surface area (Å²) in [6, 6.07) is 1.68. The Hall–Kier alpha value is -1.22. The van der Waals surface area contributed by atoms with E-state index >= 15 is 0 Å². The number of rotatable bonds is 7. The predicted octanol–water partition coefficient (Wildman–Crippen LogP) is 1.94. The standard InChI is InChI=1S/C13H19N3O3S2/c1-4-14-6-11-5-12(8-20-11)21(17,18)15-7-13-16-9(2)10(3)19-13/h5,8,14-15H,4,6-7H2,1-3H3. The zero-order chi connectivity index (χ0) is 15.5. The van der Waals surface area contributed by atoms with Gasteiger partial charge < -0.3 is 9.73 Å². The van der Waals surface area contributed by atoms with E-state index in [1.807, 2.05) is 13.8 Å². The van der Waals surface area contributed by atoms with Crippen LogP contribution in [0.1, 0.15) is 29.1 Å². The van der Waals surface area contributed by atoms with Gasteiger partial charge in [0.2, 0.25) is 15.9 Å². The number of aromatic nitrogens is 1. The Morgan fingerprint density at radius 2 is 2.10 bits per heavy atom. The summed E-state index contributed by atoms with van der Waals surface area (Å²) in [5.41, 5.74) is 0.771. The molecule has 116 valence electrons. The highest BCUT2D eigenvalue weighted by atomic mass is 32.2. The average molecular weight is 329 g/mol.